The van der Waals surface area contributed by atoms with Crippen molar-refractivity contribution in [3.05, 3.63) is 107 Å². The van der Waals surface area contributed by atoms with Crippen molar-refractivity contribution in [3.8, 4) is 11.1 Å². The molecule has 0 radical (unpaired) electrons. The van der Waals surface area contributed by atoms with E-state index in [2.05, 4.69) is 0 Å². The molecule has 0 spiro atoms. The zero-order chi connectivity index (χ0) is 30.0. The van der Waals surface area contributed by atoms with Crippen LogP contribution in [0.3, 0.4) is 0 Å². The number of fused-ring (bicyclic) bond motifs is 3. The van der Waals surface area contributed by atoms with Crippen LogP contribution >= 0.6 is 0 Å². The van der Waals surface area contributed by atoms with Gasteiger partial charge in [-0.05, 0) is 46.9 Å². The van der Waals surface area contributed by atoms with Crippen molar-refractivity contribution >= 4 is 18.2 Å². The fraction of sp³-hybridized carbons (Fsp3) is 0.258. The number of hydrogen-bond donors (Lipinski definition) is 1. The Labute approximate surface area is 239 Å². The Hall–Kier alpha value is -4.80. The molecule has 42 heavy (non-hydrogen) atoms. The van der Waals surface area contributed by atoms with Crippen molar-refractivity contribution in [2.24, 2.45) is 0 Å². The summed E-state index contributed by atoms with van der Waals surface area (Å²) < 4.78 is 53.1. The minimum atomic E-state index is -1.70. The number of piperazine rings is 1. The van der Waals surface area contributed by atoms with E-state index in [1.807, 2.05) is 48.5 Å². The second-order valence-electron chi connectivity index (χ2n) is 9.89. The summed E-state index contributed by atoms with van der Waals surface area (Å²) in [5.41, 5.74) is 3.75. The molecular formula is C31H27F3N2O6. The second-order valence-corrected chi connectivity index (χ2v) is 9.89. The molecule has 3 aromatic rings. The van der Waals surface area contributed by atoms with Crippen LogP contribution in [-0.4, -0.2) is 65.4 Å². The van der Waals surface area contributed by atoms with E-state index in [4.69, 9.17) is 9.47 Å². The number of rotatable bonds is 6. The highest BCUT2D eigenvalue weighted by Crippen LogP contribution is 2.44. The molecule has 1 heterocycles. The highest BCUT2D eigenvalue weighted by Gasteiger charge is 2.41. The molecule has 2 unspecified atom stereocenters. The van der Waals surface area contributed by atoms with Crippen LogP contribution in [0, 0.1) is 17.5 Å². The first-order valence-corrected chi connectivity index (χ1v) is 13.3. The standard InChI is InChI=1S/C31H27F3N2O6/c1-2-41-28(37)12-11-19-15-35(30(38)39)16-27(18-13-25(32)29(34)26(33)14-18)36(19)31(40)42-17-24-22-9-5-3-7-20(22)21-8-4-6-10-23(21)24/h3-14,19,24,27H,2,15-17H2,1H3,(H,38,39). The quantitative estimate of drug-likeness (QED) is 0.222. The number of carbonyl (C=O) groups excluding carboxylic acids is 2. The molecule has 11 heteroatoms. The molecule has 1 fully saturated rings. The van der Waals surface area contributed by atoms with Gasteiger partial charge in [0.25, 0.3) is 0 Å². The van der Waals surface area contributed by atoms with Crippen molar-refractivity contribution in [3.63, 3.8) is 0 Å². The normalized spacial score (nSPS) is 18.1. The molecule has 3 aromatic carbocycles. The van der Waals surface area contributed by atoms with Crippen LogP contribution < -0.4 is 0 Å². The van der Waals surface area contributed by atoms with Gasteiger partial charge in [-0.25, -0.2) is 27.6 Å². The number of carbonyl (C=O) groups is 3. The van der Waals surface area contributed by atoms with Crippen molar-refractivity contribution in [2.75, 3.05) is 26.3 Å². The van der Waals surface area contributed by atoms with Crippen LogP contribution in [0.2, 0.25) is 0 Å². The van der Waals surface area contributed by atoms with Gasteiger partial charge >= 0.3 is 18.2 Å². The van der Waals surface area contributed by atoms with Crippen LogP contribution in [0.5, 0.6) is 0 Å². The van der Waals surface area contributed by atoms with E-state index < -0.39 is 47.7 Å². The van der Waals surface area contributed by atoms with Gasteiger partial charge in [-0.1, -0.05) is 54.6 Å². The summed E-state index contributed by atoms with van der Waals surface area (Å²) in [4.78, 5) is 39.9. The number of halogens is 3. The molecule has 8 nitrogen and oxygen atoms in total. The predicted molar refractivity (Wildman–Crippen MR) is 145 cm³/mol. The summed E-state index contributed by atoms with van der Waals surface area (Å²) >= 11 is 0. The fourth-order valence-electron chi connectivity index (χ4n) is 5.57. The van der Waals surface area contributed by atoms with Gasteiger partial charge < -0.3 is 19.5 Å². The Morgan fingerprint density at radius 3 is 2.10 bits per heavy atom. The molecule has 1 aliphatic heterocycles. The smallest absolute Gasteiger partial charge is 0.410 e. The van der Waals surface area contributed by atoms with Gasteiger partial charge in [0.2, 0.25) is 0 Å². The minimum Gasteiger partial charge on any atom is -0.465 e. The van der Waals surface area contributed by atoms with E-state index >= 15 is 0 Å². The van der Waals surface area contributed by atoms with Gasteiger partial charge in [0, 0.05) is 25.1 Å². The highest BCUT2D eigenvalue weighted by molar-refractivity contribution is 5.82. The molecular weight excluding hydrogens is 553 g/mol. The number of nitrogens with zero attached hydrogens (tertiary/aromatic N) is 2. The maximum atomic E-state index is 14.3. The monoisotopic (exact) mass is 580 g/mol. The second kappa shape index (κ2) is 12.0. The first-order chi connectivity index (χ1) is 20.2. The number of hydrogen-bond acceptors (Lipinski definition) is 5. The van der Waals surface area contributed by atoms with E-state index in [1.54, 1.807) is 6.92 Å². The predicted octanol–water partition coefficient (Wildman–Crippen LogP) is 5.88. The third kappa shape index (κ3) is 5.54. The lowest BCUT2D eigenvalue weighted by Gasteiger charge is -2.44. The van der Waals surface area contributed by atoms with Crippen LogP contribution in [0.1, 0.15) is 35.6 Å². The van der Waals surface area contributed by atoms with Crippen molar-refractivity contribution < 1.29 is 42.1 Å². The van der Waals surface area contributed by atoms with E-state index in [1.165, 1.54) is 6.08 Å². The van der Waals surface area contributed by atoms with Crippen LogP contribution in [0.25, 0.3) is 11.1 Å². The lowest BCUT2D eigenvalue weighted by atomic mass is 9.97. The summed E-state index contributed by atoms with van der Waals surface area (Å²) in [7, 11) is 0. The van der Waals surface area contributed by atoms with Gasteiger partial charge in [-0.2, -0.15) is 0 Å². The molecule has 2 amide bonds. The molecule has 5 rings (SSSR count). The molecule has 1 saturated heterocycles. The lowest BCUT2D eigenvalue weighted by Crippen LogP contribution is -2.57. The largest absolute Gasteiger partial charge is 0.465 e. The summed E-state index contributed by atoms with van der Waals surface area (Å²) in [5, 5.41) is 9.76. The lowest BCUT2D eigenvalue weighted by molar-refractivity contribution is -0.137. The third-order valence-corrected chi connectivity index (χ3v) is 7.44. The first-order valence-electron chi connectivity index (χ1n) is 13.3. The van der Waals surface area contributed by atoms with E-state index in [-0.39, 0.29) is 37.8 Å². The van der Waals surface area contributed by atoms with Crippen molar-refractivity contribution in [1.82, 2.24) is 9.80 Å². The molecule has 1 aliphatic carbocycles. The maximum Gasteiger partial charge on any atom is 0.410 e. The molecule has 2 atom stereocenters. The summed E-state index contributed by atoms with van der Waals surface area (Å²) in [6.45, 7) is 0.960. The number of benzene rings is 3. The molecule has 218 valence electrons. The van der Waals surface area contributed by atoms with Gasteiger partial charge in [0.15, 0.2) is 17.5 Å². The first kappa shape index (κ1) is 28.7. The Bertz CT molecular complexity index is 1490. The van der Waals surface area contributed by atoms with Crippen molar-refractivity contribution in [1.29, 1.82) is 0 Å². The van der Waals surface area contributed by atoms with Gasteiger partial charge in [0.1, 0.15) is 6.61 Å². The van der Waals surface area contributed by atoms with E-state index in [0.29, 0.717) is 12.1 Å². The maximum absolute atomic E-state index is 14.3. The zero-order valence-electron chi connectivity index (χ0n) is 22.5. The summed E-state index contributed by atoms with van der Waals surface area (Å²) in [5.74, 6) is -5.72. The van der Waals surface area contributed by atoms with Gasteiger partial charge in [0.05, 0.1) is 18.7 Å². The molecule has 0 aromatic heterocycles. The highest BCUT2D eigenvalue weighted by atomic mass is 19.2. The number of esters is 1. The fourth-order valence-corrected chi connectivity index (χ4v) is 5.57. The van der Waals surface area contributed by atoms with Gasteiger partial charge in [-0.15, -0.1) is 0 Å². The average molecular weight is 581 g/mol. The zero-order valence-corrected chi connectivity index (χ0v) is 22.5. The number of carboxylic acid groups (broad SMARTS) is 1. The van der Waals surface area contributed by atoms with Crippen LogP contribution in [0.15, 0.2) is 72.8 Å². The van der Waals surface area contributed by atoms with Crippen LogP contribution in [-0.2, 0) is 14.3 Å². The third-order valence-electron chi connectivity index (χ3n) is 7.44. The Morgan fingerprint density at radius 2 is 1.52 bits per heavy atom. The van der Waals surface area contributed by atoms with Crippen LogP contribution in [0.4, 0.5) is 22.8 Å². The molecule has 0 bridgehead atoms. The SMILES string of the molecule is CCOC(=O)C=CC1CN(C(=O)O)CC(c2cc(F)c(F)c(F)c2)N1C(=O)OCC1c2ccccc2-c2ccccc21. The Morgan fingerprint density at radius 1 is 0.929 bits per heavy atom. The summed E-state index contributed by atoms with van der Waals surface area (Å²) in [6, 6.07) is 14.5. The summed E-state index contributed by atoms with van der Waals surface area (Å²) in [6.07, 6.45) is 0.0597. The minimum absolute atomic E-state index is 0.0842. The average Bonchev–Trinajstić information content (AvgIpc) is 3.30. The topological polar surface area (TPSA) is 96.4 Å². The van der Waals surface area contributed by atoms with Crippen molar-refractivity contribution in [2.45, 2.75) is 24.9 Å². The van der Waals surface area contributed by atoms with E-state index in [0.717, 1.165) is 38.1 Å². The van der Waals surface area contributed by atoms with Gasteiger partial charge in [-0.3, -0.25) is 4.90 Å². The Kier molecular flexibility index (Phi) is 8.19. The number of ether oxygens (including phenoxy) is 2. The Balaban J connectivity index is 1.50. The molecule has 0 saturated carbocycles. The number of amides is 2. The molecule has 1 N–H and O–H groups in total. The van der Waals surface area contributed by atoms with E-state index in [9.17, 15) is 32.7 Å². The molecule has 2 aliphatic rings.